The van der Waals surface area contributed by atoms with E-state index in [1.807, 2.05) is 0 Å². The third kappa shape index (κ3) is 4.35. The molecule has 0 aliphatic heterocycles. The molecule has 2 rings (SSSR count). The number of nitrogens with zero attached hydrogens (tertiary/aromatic N) is 1. The van der Waals surface area contributed by atoms with Gasteiger partial charge < -0.3 is 15.0 Å². The summed E-state index contributed by atoms with van der Waals surface area (Å²) in [5.74, 6) is 0. The molecule has 0 atom stereocenters. The number of benzene rings is 1. The van der Waals surface area contributed by atoms with Crippen molar-refractivity contribution in [2.24, 2.45) is 0 Å². The van der Waals surface area contributed by atoms with Gasteiger partial charge in [-0.15, -0.1) is 0 Å². The van der Waals surface area contributed by atoms with Gasteiger partial charge in [-0.25, -0.2) is 0 Å². The van der Waals surface area contributed by atoms with E-state index in [0.717, 1.165) is 32.8 Å². The van der Waals surface area contributed by atoms with E-state index in [1.54, 1.807) is 7.11 Å². The molecule has 0 aliphatic carbocycles. The topological polar surface area (TPSA) is 40.3 Å². The number of hydrogen-bond acceptors (Lipinski definition) is 3. The molecule has 0 saturated carbocycles. The minimum atomic E-state index is 0.770. The summed E-state index contributed by atoms with van der Waals surface area (Å²) < 4.78 is 5.00. The first-order chi connectivity index (χ1) is 9.29. The van der Waals surface area contributed by atoms with E-state index in [0.29, 0.717) is 0 Å². The lowest BCUT2D eigenvalue weighted by atomic mass is 10.2. The number of likely N-dealkylation sites (N-methyl/N-ethyl adjacent to an activating group) is 1. The molecule has 1 aromatic carbocycles. The maximum absolute atomic E-state index is 5.00. The molecule has 0 radical (unpaired) electrons. The summed E-state index contributed by atoms with van der Waals surface area (Å²) in [4.78, 5) is 5.77. The Morgan fingerprint density at radius 1 is 1.26 bits per heavy atom. The van der Waals surface area contributed by atoms with E-state index >= 15 is 0 Å². The lowest BCUT2D eigenvalue weighted by Crippen LogP contribution is -2.30. The highest BCUT2D eigenvalue weighted by Crippen LogP contribution is 2.15. The molecule has 0 amide bonds. The molecule has 4 nitrogen and oxygen atoms in total. The SMILES string of the molecule is COCCNCCN(C)Cc1cc2ccccc2[nH]1. The average Bonchev–Trinajstić information content (AvgIpc) is 2.80. The van der Waals surface area contributed by atoms with Gasteiger partial charge in [-0.1, -0.05) is 18.2 Å². The predicted octanol–water partition coefficient (Wildman–Crippen LogP) is 1.84. The molecule has 19 heavy (non-hydrogen) atoms. The Bertz CT molecular complexity index is 462. The van der Waals surface area contributed by atoms with Gasteiger partial charge in [-0.05, 0) is 24.6 Å². The van der Waals surface area contributed by atoms with Crippen LogP contribution in [0.3, 0.4) is 0 Å². The molecule has 4 heteroatoms. The number of H-pyrrole nitrogens is 1. The van der Waals surface area contributed by atoms with Gasteiger partial charge in [0.2, 0.25) is 0 Å². The van der Waals surface area contributed by atoms with E-state index in [9.17, 15) is 0 Å². The molecule has 1 aromatic heterocycles. The van der Waals surface area contributed by atoms with Crippen molar-refractivity contribution in [2.75, 3.05) is 40.4 Å². The smallest absolute Gasteiger partial charge is 0.0587 e. The molecule has 1 heterocycles. The number of hydrogen-bond donors (Lipinski definition) is 2. The summed E-state index contributed by atoms with van der Waals surface area (Å²) in [5.41, 5.74) is 2.48. The molecular formula is C15H23N3O. The van der Waals surface area contributed by atoms with Gasteiger partial charge in [0.1, 0.15) is 0 Å². The fraction of sp³-hybridized carbons (Fsp3) is 0.467. The predicted molar refractivity (Wildman–Crippen MR) is 79.4 cm³/mol. The van der Waals surface area contributed by atoms with Crippen LogP contribution in [0.15, 0.2) is 30.3 Å². The molecule has 0 spiro atoms. The first-order valence-corrected chi connectivity index (χ1v) is 6.74. The van der Waals surface area contributed by atoms with Crippen LogP contribution in [-0.4, -0.2) is 50.3 Å². The maximum Gasteiger partial charge on any atom is 0.0587 e. The molecule has 104 valence electrons. The van der Waals surface area contributed by atoms with Crippen LogP contribution in [0.1, 0.15) is 5.69 Å². The van der Waals surface area contributed by atoms with Gasteiger partial charge in [0.05, 0.1) is 6.61 Å². The summed E-state index contributed by atoms with van der Waals surface area (Å²) in [6.07, 6.45) is 0. The zero-order valence-corrected chi connectivity index (χ0v) is 11.8. The molecule has 0 bridgehead atoms. The number of aromatic nitrogens is 1. The molecule has 0 saturated heterocycles. The van der Waals surface area contributed by atoms with Crippen LogP contribution in [0, 0.1) is 0 Å². The number of rotatable bonds is 8. The summed E-state index contributed by atoms with van der Waals surface area (Å²) in [6.45, 7) is 4.64. The lowest BCUT2D eigenvalue weighted by molar-refractivity contribution is 0.197. The molecule has 2 N–H and O–H groups in total. The highest BCUT2D eigenvalue weighted by Gasteiger charge is 2.03. The Kier molecular flexibility index (Phi) is 5.39. The van der Waals surface area contributed by atoms with Crippen LogP contribution in [0.4, 0.5) is 0 Å². The van der Waals surface area contributed by atoms with E-state index in [-0.39, 0.29) is 0 Å². The zero-order valence-electron chi connectivity index (χ0n) is 11.8. The Morgan fingerprint density at radius 3 is 2.89 bits per heavy atom. The Morgan fingerprint density at radius 2 is 2.11 bits per heavy atom. The number of fused-ring (bicyclic) bond motifs is 1. The number of nitrogens with one attached hydrogen (secondary N) is 2. The monoisotopic (exact) mass is 261 g/mol. The van der Waals surface area contributed by atoms with Crippen molar-refractivity contribution in [1.29, 1.82) is 0 Å². The first kappa shape index (κ1) is 14.1. The quantitative estimate of drug-likeness (QED) is 0.712. The number of methoxy groups -OCH3 is 1. The van der Waals surface area contributed by atoms with Crippen molar-refractivity contribution in [3.05, 3.63) is 36.0 Å². The Balaban J connectivity index is 1.76. The second-order valence-corrected chi connectivity index (χ2v) is 4.86. The molecule has 0 unspecified atom stereocenters. The van der Waals surface area contributed by atoms with E-state index in [1.165, 1.54) is 16.6 Å². The van der Waals surface area contributed by atoms with Gasteiger partial charge in [-0.3, -0.25) is 4.90 Å². The van der Waals surface area contributed by atoms with Crippen LogP contribution in [0.2, 0.25) is 0 Å². The van der Waals surface area contributed by atoms with Crippen molar-refractivity contribution >= 4 is 10.9 Å². The average molecular weight is 261 g/mol. The summed E-state index contributed by atoms with van der Waals surface area (Å²) in [5, 5.41) is 4.63. The van der Waals surface area contributed by atoms with Crippen LogP contribution < -0.4 is 5.32 Å². The van der Waals surface area contributed by atoms with E-state index < -0.39 is 0 Å². The second-order valence-electron chi connectivity index (χ2n) is 4.86. The molecular weight excluding hydrogens is 238 g/mol. The Labute approximate surface area is 114 Å². The van der Waals surface area contributed by atoms with Crippen LogP contribution in [-0.2, 0) is 11.3 Å². The minimum absolute atomic E-state index is 0.770. The summed E-state index contributed by atoms with van der Waals surface area (Å²) in [6, 6.07) is 10.6. The third-order valence-electron chi connectivity index (χ3n) is 3.18. The van der Waals surface area contributed by atoms with Crippen LogP contribution in [0.5, 0.6) is 0 Å². The molecule has 0 fully saturated rings. The molecule has 2 aromatic rings. The van der Waals surface area contributed by atoms with Crippen molar-refractivity contribution < 1.29 is 4.74 Å². The Hall–Kier alpha value is -1.36. The fourth-order valence-corrected chi connectivity index (χ4v) is 2.16. The summed E-state index contributed by atoms with van der Waals surface area (Å²) >= 11 is 0. The van der Waals surface area contributed by atoms with Crippen molar-refractivity contribution in [2.45, 2.75) is 6.54 Å². The van der Waals surface area contributed by atoms with Crippen molar-refractivity contribution in [1.82, 2.24) is 15.2 Å². The number of ether oxygens (including phenoxy) is 1. The normalized spacial score (nSPS) is 11.5. The largest absolute Gasteiger partial charge is 0.383 e. The highest BCUT2D eigenvalue weighted by atomic mass is 16.5. The number of aromatic amines is 1. The summed E-state index contributed by atoms with van der Waals surface area (Å²) in [7, 11) is 3.87. The maximum atomic E-state index is 5.00. The third-order valence-corrected chi connectivity index (χ3v) is 3.18. The second kappa shape index (κ2) is 7.28. The molecule has 0 aliphatic rings. The van der Waals surface area contributed by atoms with E-state index in [4.69, 9.17) is 4.74 Å². The highest BCUT2D eigenvalue weighted by molar-refractivity contribution is 5.80. The van der Waals surface area contributed by atoms with Gasteiger partial charge in [-0.2, -0.15) is 0 Å². The lowest BCUT2D eigenvalue weighted by Gasteiger charge is -2.15. The van der Waals surface area contributed by atoms with Crippen molar-refractivity contribution in [3.63, 3.8) is 0 Å². The first-order valence-electron chi connectivity index (χ1n) is 6.74. The van der Waals surface area contributed by atoms with Gasteiger partial charge in [0.15, 0.2) is 0 Å². The van der Waals surface area contributed by atoms with Gasteiger partial charge in [0.25, 0.3) is 0 Å². The number of para-hydroxylation sites is 1. The fourth-order valence-electron chi connectivity index (χ4n) is 2.16. The minimum Gasteiger partial charge on any atom is -0.383 e. The van der Waals surface area contributed by atoms with Crippen LogP contribution in [0.25, 0.3) is 10.9 Å². The van der Waals surface area contributed by atoms with Gasteiger partial charge >= 0.3 is 0 Å². The zero-order chi connectivity index (χ0) is 13.5. The van der Waals surface area contributed by atoms with Crippen molar-refractivity contribution in [3.8, 4) is 0 Å². The van der Waals surface area contributed by atoms with E-state index in [2.05, 4.69) is 52.6 Å². The van der Waals surface area contributed by atoms with Crippen LogP contribution >= 0.6 is 0 Å². The standard InChI is InChI=1S/C15H23N3O/c1-18(9-7-16-8-10-19-2)12-14-11-13-5-3-4-6-15(13)17-14/h3-6,11,16-17H,7-10,12H2,1-2H3. The van der Waals surface area contributed by atoms with Gasteiger partial charge in [0, 0.05) is 44.5 Å².